The Bertz CT molecular complexity index is 596. The van der Waals surface area contributed by atoms with Crippen molar-refractivity contribution in [2.75, 3.05) is 0 Å². The van der Waals surface area contributed by atoms with Gasteiger partial charge in [-0.05, 0) is 24.6 Å². The molecule has 1 heterocycles. The summed E-state index contributed by atoms with van der Waals surface area (Å²) in [7, 11) is 0. The minimum atomic E-state index is -0.0901. The van der Waals surface area contributed by atoms with Gasteiger partial charge in [0, 0.05) is 23.8 Å². The molecule has 0 aliphatic carbocycles. The van der Waals surface area contributed by atoms with Crippen LogP contribution < -0.4 is 5.56 Å². The molecule has 0 radical (unpaired) electrons. The van der Waals surface area contributed by atoms with E-state index in [9.17, 15) is 9.90 Å². The van der Waals surface area contributed by atoms with Gasteiger partial charge in [0.15, 0.2) is 5.03 Å². The topological polar surface area (TPSA) is 55.1 Å². The molecule has 1 aromatic heterocycles. The second-order valence-electron chi connectivity index (χ2n) is 3.83. The van der Waals surface area contributed by atoms with Gasteiger partial charge in [-0.3, -0.25) is 4.79 Å². The van der Waals surface area contributed by atoms with E-state index in [0.717, 1.165) is 11.3 Å². The number of phenols is 1. The second-order valence-corrected chi connectivity index (χ2v) is 4.89. The fraction of sp³-hybridized carbons (Fsp3) is 0.231. The van der Waals surface area contributed by atoms with Gasteiger partial charge >= 0.3 is 0 Å². The molecule has 0 atom stereocenters. The summed E-state index contributed by atoms with van der Waals surface area (Å²) in [6, 6.07) is 6.79. The van der Waals surface area contributed by atoms with E-state index in [1.807, 2.05) is 13.0 Å². The molecule has 0 saturated heterocycles. The highest BCUT2D eigenvalue weighted by atomic mass is 32.2. The first-order valence-electron chi connectivity index (χ1n) is 5.73. The van der Waals surface area contributed by atoms with Crippen molar-refractivity contribution < 1.29 is 5.11 Å². The quantitative estimate of drug-likeness (QED) is 0.919. The maximum Gasteiger partial charge on any atom is 0.283 e. The SMILES string of the molecule is CCCn1ccnc(Sc2cccc(O)c2)c1=O. The Morgan fingerprint density at radius 3 is 3.00 bits per heavy atom. The summed E-state index contributed by atoms with van der Waals surface area (Å²) in [5, 5.41) is 9.81. The maximum atomic E-state index is 12.1. The average molecular weight is 262 g/mol. The highest BCUT2D eigenvalue weighted by Crippen LogP contribution is 2.25. The molecule has 0 spiro atoms. The van der Waals surface area contributed by atoms with E-state index in [-0.39, 0.29) is 11.3 Å². The smallest absolute Gasteiger partial charge is 0.283 e. The van der Waals surface area contributed by atoms with E-state index in [4.69, 9.17) is 0 Å². The van der Waals surface area contributed by atoms with E-state index in [0.29, 0.717) is 11.6 Å². The molecule has 0 aliphatic rings. The van der Waals surface area contributed by atoms with E-state index >= 15 is 0 Å². The van der Waals surface area contributed by atoms with E-state index in [1.54, 1.807) is 35.2 Å². The third kappa shape index (κ3) is 2.92. The lowest BCUT2D eigenvalue weighted by Crippen LogP contribution is -2.21. The van der Waals surface area contributed by atoms with Crippen molar-refractivity contribution in [1.82, 2.24) is 9.55 Å². The third-order valence-corrected chi connectivity index (χ3v) is 3.34. The molecule has 4 nitrogen and oxygen atoms in total. The van der Waals surface area contributed by atoms with Gasteiger partial charge < -0.3 is 9.67 Å². The van der Waals surface area contributed by atoms with Crippen LogP contribution in [0.2, 0.25) is 0 Å². The Labute approximate surface area is 109 Å². The predicted octanol–water partition coefficient (Wildman–Crippen LogP) is 2.51. The van der Waals surface area contributed by atoms with Gasteiger partial charge in [0.25, 0.3) is 5.56 Å². The number of hydrogen-bond donors (Lipinski definition) is 1. The van der Waals surface area contributed by atoms with Gasteiger partial charge in [0.05, 0.1) is 0 Å². The number of aromatic hydroxyl groups is 1. The summed E-state index contributed by atoms with van der Waals surface area (Å²) in [4.78, 5) is 17.0. The summed E-state index contributed by atoms with van der Waals surface area (Å²) in [5.41, 5.74) is -0.0901. The standard InChI is InChI=1S/C13H14N2O2S/c1-2-7-15-8-6-14-12(13(15)17)18-11-5-3-4-10(16)9-11/h3-6,8-9,16H,2,7H2,1H3. The van der Waals surface area contributed by atoms with Crippen LogP contribution >= 0.6 is 11.8 Å². The largest absolute Gasteiger partial charge is 0.508 e. The first-order chi connectivity index (χ1) is 8.70. The molecule has 94 valence electrons. The van der Waals surface area contributed by atoms with Gasteiger partial charge in [-0.15, -0.1) is 0 Å². The zero-order chi connectivity index (χ0) is 13.0. The normalized spacial score (nSPS) is 10.5. The molecule has 0 amide bonds. The molecule has 5 heteroatoms. The molecule has 0 fully saturated rings. The molecule has 1 aromatic carbocycles. The lowest BCUT2D eigenvalue weighted by atomic mass is 10.3. The molecule has 18 heavy (non-hydrogen) atoms. The molecule has 0 aliphatic heterocycles. The molecular weight excluding hydrogens is 248 g/mol. The highest BCUT2D eigenvalue weighted by molar-refractivity contribution is 7.99. The van der Waals surface area contributed by atoms with Gasteiger partial charge in [-0.2, -0.15) is 0 Å². The monoisotopic (exact) mass is 262 g/mol. The fourth-order valence-corrected chi connectivity index (χ4v) is 2.44. The van der Waals surface area contributed by atoms with Crippen molar-refractivity contribution in [1.29, 1.82) is 0 Å². The summed E-state index contributed by atoms with van der Waals surface area (Å²) < 4.78 is 1.65. The van der Waals surface area contributed by atoms with Gasteiger partial charge in [0.2, 0.25) is 0 Å². The molecular formula is C13H14N2O2S. The van der Waals surface area contributed by atoms with Crippen LogP contribution in [0.1, 0.15) is 13.3 Å². The van der Waals surface area contributed by atoms with E-state index in [1.165, 1.54) is 11.8 Å². The van der Waals surface area contributed by atoms with E-state index in [2.05, 4.69) is 4.98 Å². The molecule has 2 aromatic rings. The number of phenolic OH excluding ortho intramolecular Hbond substituents is 1. The first kappa shape index (κ1) is 12.7. The Balaban J connectivity index is 2.29. The Kier molecular flexibility index (Phi) is 4.04. The summed E-state index contributed by atoms with van der Waals surface area (Å²) in [6.45, 7) is 2.71. The molecule has 0 saturated carbocycles. The summed E-state index contributed by atoms with van der Waals surface area (Å²) >= 11 is 1.26. The second kappa shape index (κ2) is 5.73. The number of hydrogen-bond acceptors (Lipinski definition) is 4. The minimum Gasteiger partial charge on any atom is -0.508 e. The van der Waals surface area contributed by atoms with Crippen LogP contribution in [-0.4, -0.2) is 14.7 Å². The number of aromatic nitrogens is 2. The maximum absolute atomic E-state index is 12.1. The number of nitrogens with zero attached hydrogens (tertiary/aromatic N) is 2. The lowest BCUT2D eigenvalue weighted by Gasteiger charge is -2.05. The van der Waals surface area contributed by atoms with Gasteiger partial charge in [-0.25, -0.2) is 4.98 Å². The molecule has 1 N–H and O–H groups in total. The van der Waals surface area contributed by atoms with Crippen LogP contribution in [0, 0.1) is 0 Å². The Morgan fingerprint density at radius 2 is 2.28 bits per heavy atom. The van der Waals surface area contributed by atoms with Crippen molar-refractivity contribution >= 4 is 11.8 Å². The highest BCUT2D eigenvalue weighted by Gasteiger charge is 2.06. The van der Waals surface area contributed by atoms with Gasteiger partial charge in [-0.1, -0.05) is 24.8 Å². The van der Waals surface area contributed by atoms with Crippen LogP contribution in [0.25, 0.3) is 0 Å². The van der Waals surface area contributed by atoms with E-state index < -0.39 is 0 Å². The van der Waals surface area contributed by atoms with Gasteiger partial charge in [0.1, 0.15) is 5.75 Å². The predicted molar refractivity (Wildman–Crippen MR) is 71.0 cm³/mol. The van der Waals surface area contributed by atoms with Crippen molar-refractivity contribution in [3.8, 4) is 5.75 Å². The van der Waals surface area contributed by atoms with Crippen LogP contribution in [0.15, 0.2) is 51.4 Å². The molecule has 0 bridgehead atoms. The van der Waals surface area contributed by atoms with Crippen LogP contribution in [-0.2, 0) is 6.54 Å². The molecule has 0 unspecified atom stereocenters. The number of aryl methyl sites for hydroxylation is 1. The Hall–Kier alpha value is -1.75. The number of rotatable bonds is 4. The van der Waals surface area contributed by atoms with Crippen LogP contribution in [0.4, 0.5) is 0 Å². The average Bonchev–Trinajstić information content (AvgIpc) is 2.35. The Morgan fingerprint density at radius 1 is 1.44 bits per heavy atom. The minimum absolute atomic E-state index is 0.0901. The summed E-state index contributed by atoms with van der Waals surface area (Å²) in [5.74, 6) is 0.185. The summed E-state index contributed by atoms with van der Waals surface area (Å²) in [6.07, 6.45) is 4.22. The van der Waals surface area contributed by atoms with Crippen molar-refractivity contribution in [2.24, 2.45) is 0 Å². The van der Waals surface area contributed by atoms with Crippen LogP contribution in [0.5, 0.6) is 5.75 Å². The van der Waals surface area contributed by atoms with Crippen molar-refractivity contribution in [3.63, 3.8) is 0 Å². The first-order valence-corrected chi connectivity index (χ1v) is 6.54. The van der Waals surface area contributed by atoms with Crippen molar-refractivity contribution in [2.45, 2.75) is 29.8 Å². The number of benzene rings is 1. The zero-order valence-electron chi connectivity index (χ0n) is 10.0. The molecule has 2 rings (SSSR count). The van der Waals surface area contributed by atoms with Crippen molar-refractivity contribution in [3.05, 3.63) is 47.0 Å². The third-order valence-electron chi connectivity index (χ3n) is 2.38. The fourth-order valence-electron chi connectivity index (χ4n) is 1.57. The lowest BCUT2D eigenvalue weighted by molar-refractivity contribution is 0.474. The van der Waals surface area contributed by atoms with Crippen LogP contribution in [0.3, 0.4) is 0 Å². The zero-order valence-corrected chi connectivity index (χ0v) is 10.9.